The molecule has 0 aromatic carbocycles. The lowest BCUT2D eigenvalue weighted by Crippen LogP contribution is -2.44. The fourth-order valence-electron chi connectivity index (χ4n) is 2.71. The second-order valence-corrected chi connectivity index (χ2v) is 5.92. The number of nitrogens with one attached hydrogen (secondary N) is 1. The van der Waals surface area contributed by atoms with Crippen LogP contribution in [0.25, 0.3) is 0 Å². The fourth-order valence-corrected chi connectivity index (χ4v) is 2.71. The molecule has 0 radical (unpaired) electrons. The van der Waals surface area contributed by atoms with Crippen LogP contribution in [-0.2, 0) is 9.53 Å². The molecule has 1 saturated carbocycles. The van der Waals surface area contributed by atoms with Gasteiger partial charge in [0.2, 0.25) is 5.91 Å². The maximum atomic E-state index is 12.0. The Bertz CT molecular complexity index is 278. The van der Waals surface area contributed by atoms with Crippen LogP contribution in [0.3, 0.4) is 0 Å². The van der Waals surface area contributed by atoms with E-state index in [1.165, 1.54) is 6.42 Å². The van der Waals surface area contributed by atoms with Crippen LogP contribution in [-0.4, -0.2) is 31.2 Å². The Labute approximate surface area is 96.9 Å². The molecule has 2 fully saturated rings. The molecule has 0 spiro atoms. The summed E-state index contributed by atoms with van der Waals surface area (Å²) >= 11 is 0. The monoisotopic (exact) mass is 226 g/mol. The van der Waals surface area contributed by atoms with Gasteiger partial charge < -0.3 is 15.8 Å². The second kappa shape index (κ2) is 4.34. The summed E-state index contributed by atoms with van der Waals surface area (Å²) in [5.41, 5.74) is 6.19. The van der Waals surface area contributed by atoms with E-state index in [4.69, 9.17) is 10.5 Å². The number of carbonyl (C=O) groups excluding carboxylic acids is 1. The quantitative estimate of drug-likeness (QED) is 0.727. The first-order valence-corrected chi connectivity index (χ1v) is 6.12. The molecule has 0 aromatic rings. The van der Waals surface area contributed by atoms with E-state index in [0.29, 0.717) is 24.7 Å². The van der Waals surface area contributed by atoms with Crippen LogP contribution in [0.15, 0.2) is 0 Å². The van der Waals surface area contributed by atoms with Gasteiger partial charge in [-0.05, 0) is 24.7 Å². The van der Waals surface area contributed by atoms with Gasteiger partial charge in [-0.3, -0.25) is 4.79 Å². The first kappa shape index (κ1) is 11.9. The zero-order valence-electron chi connectivity index (χ0n) is 10.2. The minimum absolute atomic E-state index is 0.0766. The van der Waals surface area contributed by atoms with Gasteiger partial charge in [0.15, 0.2) is 0 Å². The lowest BCUT2D eigenvalue weighted by atomic mass is 9.91. The maximum absolute atomic E-state index is 12.0. The minimum Gasteiger partial charge on any atom is -0.379 e. The average Bonchev–Trinajstić information content (AvgIpc) is 2.72. The van der Waals surface area contributed by atoms with Crippen LogP contribution in [0.4, 0.5) is 0 Å². The van der Waals surface area contributed by atoms with Crippen LogP contribution in [0.5, 0.6) is 0 Å². The number of hydrogen-bond acceptors (Lipinski definition) is 3. The molecule has 16 heavy (non-hydrogen) atoms. The number of ether oxygens (including phenoxy) is 1. The van der Waals surface area contributed by atoms with Crippen molar-refractivity contribution in [3.63, 3.8) is 0 Å². The van der Waals surface area contributed by atoms with Crippen molar-refractivity contribution < 1.29 is 9.53 Å². The molecule has 4 heteroatoms. The number of rotatable bonds is 2. The Hall–Kier alpha value is -0.610. The lowest BCUT2D eigenvalue weighted by Gasteiger charge is -2.20. The third kappa shape index (κ3) is 2.55. The molecule has 2 rings (SSSR count). The molecule has 1 heterocycles. The zero-order chi connectivity index (χ0) is 11.8. The van der Waals surface area contributed by atoms with Crippen LogP contribution in [0.2, 0.25) is 0 Å². The molecule has 0 bridgehead atoms. The fraction of sp³-hybridized carbons (Fsp3) is 0.917. The van der Waals surface area contributed by atoms with E-state index in [1.54, 1.807) is 0 Å². The smallest absolute Gasteiger partial charge is 0.227 e. The Kier molecular flexibility index (Phi) is 3.22. The number of carbonyl (C=O) groups is 1. The largest absolute Gasteiger partial charge is 0.379 e. The predicted molar refractivity (Wildman–Crippen MR) is 61.8 cm³/mol. The predicted octanol–water partition coefficient (Wildman–Crippen LogP) is 0.655. The maximum Gasteiger partial charge on any atom is 0.227 e. The summed E-state index contributed by atoms with van der Waals surface area (Å²) in [5.74, 6) is -0.0728. The van der Waals surface area contributed by atoms with E-state index in [-0.39, 0.29) is 17.9 Å². The summed E-state index contributed by atoms with van der Waals surface area (Å²) in [4.78, 5) is 12.0. The number of nitrogens with two attached hydrogens (primary N) is 1. The summed E-state index contributed by atoms with van der Waals surface area (Å²) < 4.78 is 5.21. The van der Waals surface area contributed by atoms with Gasteiger partial charge in [-0.1, -0.05) is 13.8 Å². The van der Waals surface area contributed by atoms with Crippen molar-refractivity contribution in [1.29, 1.82) is 0 Å². The van der Waals surface area contributed by atoms with Gasteiger partial charge in [0.05, 0.1) is 19.1 Å². The highest BCUT2D eigenvalue weighted by Crippen LogP contribution is 2.37. The third-order valence-corrected chi connectivity index (χ3v) is 3.78. The van der Waals surface area contributed by atoms with E-state index in [9.17, 15) is 4.79 Å². The topological polar surface area (TPSA) is 64.3 Å². The summed E-state index contributed by atoms with van der Waals surface area (Å²) in [7, 11) is 0. The highest BCUT2D eigenvalue weighted by Gasteiger charge is 2.36. The standard InChI is InChI=1S/C12H22N2O2/c1-12(2)4-3-8(5-12)14-11(15)9-6-16-7-10(9)13/h8-10H,3-7,13H2,1-2H3,(H,14,15). The summed E-state index contributed by atoms with van der Waals surface area (Å²) in [6.45, 7) is 5.49. The van der Waals surface area contributed by atoms with Crippen molar-refractivity contribution >= 4 is 5.91 Å². The highest BCUT2D eigenvalue weighted by molar-refractivity contribution is 5.80. The molecule has 0 aromatic heterocycles. The van der Waals surface area contributed by atoms with Crippen molar-refractivity contribution in [3.8, 4) is 0 Å². The van der Waals surface area contributed by atoms with Gasteiger partial charge in [-0.2, -0.15) is 0 Å². The molecule has 1 amide bonds. The van der Waals surface area contributed by atoms with E-state index in [2.05, 4.69) is 19.2 Å². The average molecular weight is 226 g/mol. The second-order valence-electron chi connectivity index (χ2n) is 5.92. The molecule has 1 aliphatic heterocycles. The summed E-state index contributed by atoms with van der Waals surface area (Å²) in [5, 5.41) is 3.11. The zero-order valence-corrected chi connectivity index (χ0v) is 10.2. The van der Waals surface area contributed by atoms with E-state index in [0.717, 1.165) is 12.8 Å². The van der Waals surface area contributed by atoms with E-state index in [1.807, 2.05) is 0 Å². The van der Waals surface area contributed by atoms with Gasteiger partial charge in [0.25, 0.3) is 0 Å². The van der Waals surface area contributed by atoms with Crippen LogP contribution in [0, 0.1) is 11.3 Å². The third-order valence-electron chi connectivity index (χ3n) is 3.78. The summed E-state index contributed by atoms with van der Waals surface area (Å²) in [6, 6.07) is 0.199. The Balaban J connectivity index is 1.84. The van der Waals surface area contributed by atoms with Crippen LogP contribution >= 0.6 is 0 Å². The molecule has 3 N–H and O–H groups in total. The van der Waals surface area contributed by atoms with Gasteiger partial charge in [-0.15, -0.1) is 0 Å². The lowest BCUT2D eigenvalue weighted by molar-refractivity contribution is -0.125. The van der Waals surface area contributed by atoms with Gasteiger partial charge in [0.1, 0.15) is 0 Å². The Morgan fingerprint density at radius 2 is 2.19 bits per heavy atom. The molecular formula is C12H22N2O2. The highest BCUT2D eigenvalue weighted by atomic mass is 16.5. The molecule has 3 atom stereocenters. The molecule has 3 unspecified atom stereocenters. The molecule has 4 nitrogen and oxygen atoms in total. The molecule has 2 aliphatic rings. The normalized spacial score (nSPS) is 37.6. The first-order valence-electron chi connectivity index (χ1n) is 6.12. The molecule has 1 saturated heterocycles. The first-order chi connectivity index (χ1) is 7.48. The molecular weight excluding hydrogens is 204 g/mol. The van der Waals surface area contributed by atoms with Crippen LogP contribution in [0.1, 0.15) is 33.1 Å². The van der Waals surface area contributed by atoms with E-state index < -0.39 is 0 Å². The van der Waals surface area contributed by atoms with E-state index >= 15 is 0 Å². The summed E-state index contributed by atoms with van der Waals surface area (Å²) in [6.07, 6.45) is 3.34. The Morgan fingerprint density at radius 1 is 1.44 bits per heavy atom. The van der Waals surface area contributed by atoms with Gasteiger partial charge in [0, 0.05) is 12.1 Å². The van der Waals surface area contributed by atoms with Crippen molar-refractivity contribution in [3.05, 3.63) is 0 Å². The van der Waals surface area contributed by atoms with Gasteiger partial charge in [-0.25, -0.2) is 0 Å². The minimum atomic E-state index is -0.149. The van der Waals surface area contributed by atoms with Crippen molar-refractivity contribution in [2.75, 3.05) is 13.2 Å². The number of hydrogen-bond donors (Lipinski definition) is 2. The molecule has 1 aliphatic carbocycles. The molecule has 92 valence electrons. The van der Waals surface area contributed by atoms with Gasteiger partial charge >= 0.3 is 0 Å². The SMILES string of the molecule is CC1(C)CCC(NC(=O)C2COCC2N)C1. The van der Waals surface area contributed by atoms with Crippen molar-refractivity contribution in [2.24, 2.45) is 17.1 Å². The van der Waals surface area contributed by atoms with Crippen molar-refractivity contribution in [1.82, 2.24) is 5.32 Å². The van der Waals surface area contributed by atoms with Crippen LogP contribution < -0.4 is 11.1 Å². The Morgan fingerprint density at radius 3 is 2.69 bits per heavy atom. The number of amides is 1. The van der Waals surface area contributed by atoms with Crippen molar-refractivity contribution in [2.45, 2.75) is 45.2 Å².